The van der Waals surface area contributed by atoms with E-state index in [0.717, 1.165) is 0 Å². The molecule has 0 saturated carbocycles. The van der Waals surface area contributed by atoms with Crippen LogP contribution in [0.25, 0.3) is 132 Å². The van der Waals surface area contributed by atoms with Crippen molar-refractivity contribution in [1.29, 1.82) is 0 Å². The average molecular weight is 813 g/mol. The Bertz CT molecular complexity index is 3630. The summed E-state index contributed by atoms with van der Waals surface area (Å²) in [6.07, 6.45) is 0. The van der Waals surface area contributed by atoms with Gasteiger partial charge in [-0.15, -0.1) is 0 Å². The minimum Gasteiger partial charge on any atom is -0.0622 e. The molecule has 64 heavy (non-hydrogen) atoms. The fourth-order valence-electron chi connectivity index (χ4n) is 11.9. The van der Waals surface area contributed by atoms with Crippen LogP contribution < -0.4 is 0 Å². The van der Waals surface area contributed by atoms with Crippen LogP contribution in [0.5, 0.6) is 0 Å². The molecule has 0 atom stereocenters. The first kappa shape index (κ1) is 36.8. The molecule has 0 fully saturated rings. The van der Waals surface area contributed by atoms with E-state index in [2.05, 4.69) is 222 Å². The van der Waals surface area contributed by atoms with Crippen LogP contribution >= 0.6 is 0 Å². The van der Waals surface area contributed by atoms with Crippen molar-refractivity contribution in [3.8, 4) is 100 Å². The first-order valence-electron chi connectivity index (χ1n) is 22.6. The Morgan fingerprint density at radius 2 is 0.547 bits per heavy atom. The molecule has 300 valence electrons. The van der Waals surface area contributed by atoms with Gasteiger partial charge in [0.25, 0.3) is 0 Å². The van der Waals surface area contributed by atoms with Gasteiger partial charge < -0.3 is 0 Å². The Hall–Kier alpha value is -7.80. The maximum Gasteiger partial charge on any atom is -0.000720 e. The summed E-state index contributed by atoms with van der Waals surface area (Å²) in [6, 6.07) is 72.9. The van der Waals surface area contributed by atoms with Gasteiger partial charge in [-0.2, -0.15) is 0 Å². The fraction of sp³-hybridized carbons (Fsp3) is 0.0625. The predicted octanol–water partition coefficient (Wildman–Crippen LogP) is 18.0. The minimum atomic E-state index is 1.22. The fourth-order valence-corrected chi connectivity index (χ4v) is 11.9. The average Bonchev–Trinajstić information content (AvgIpc) is 3.84. The summed E-state index contributed by atoms with van der Waals surface area (Å²) in [5, 5.41) is 7.87. The highest BCUT2D eigenvalue weighted by atomic mass is 14.4. The van der Waals surface area contributed by atoms with Gasteiger partial charge in [0.05, 0.1) is 0 Å². The summed E-state index contributed by atoms with van der Waals surface area (Å²) in [4.78, 5) is 0. The summed E-state index contributed by atoms with van der Waals surface area (Å²) in [7, 11) is 0. The molecule has 0 aromatic heterocycles. The van der Waals surface area contributed by atoms with Crippen LogP contribution in [0.15, 0.2) is 194 Å². The van der Waals surface area contributed by atoms with Gasteiger partial charge in [-0.3, -0.25) is 0 Å². The van der Waals surface area contributed by atoms with Crippen molar-refractivity contribution < 1.29 is 0 Å². The van der Waals surface area contributed by atoms with Crippen LogP contribution in [0.1, 0.15) is 22.3 Å². The molecular weight excluding hydrogens is 769 g/mol. The third kappa shape index (κ3) is 5.06. The van der Waals surface area contributed by atoms with Crippen LogP contribution in [-0.4, -0.2) is 0 Å². The molecule has 11 aromatic carbocycles. The molecular formula is C64H44. The van der Waals surface area contributed by atoms with Crippen molar-refractivity contribution in [2.45, 2.75) is 27.7 Å². The summed E-state index contributed by atoms with van der Waals surface area (Å²) < 4.78 is 0. The molecule has 11 aromatic rings. The normalized spacial score (nSPS) is 12.1. The molecule has 0 nitrogen and oxygen atoms in total. The summed E-state index contributed by atoms with van der Waals surface area (Å²) in [6.45, 7) is 9.15. The largest absolute Gasteiger partial charge is 0.0622 e. The van der Waals surface area contributed by atoms with Crippen LogP contribution in [-0.2, 0) is 0 Å². The first-order chi connectivity index (χ1) is 31.5. The third-order valence-electron chi connectivity index (χ3n) is 14.5. The predicted molar refractivity (Wildman–Crippen MR) is 274 cm³/mol. The lowest BCUT2D eigenvalue weighted by atomic mass is 9.79. The van der Waals surface area contributed by atoms with E-state index in [1.54, 1.807) is 0 Å². The van der Waals surface area contributed by atoms with Gasteiger partial charge in [-0.25, -0.2) is 0 Å². The number of hydrogen-bond acceptors (Lipinski definition) is 0. The Balaban J connectivity index is 1.22. The van der Waals surface area contributed by atoms with Crippen molar-refractivity contribution in [3.05, 3.63) is 216 Å². The lowest BCUT2D eigenvalue weighted by Gasteiger charge is -2.24. The summed E-state index contributed by atoms with van der Waals surface area (Å²) in [5.74, 6) is 0. The van der Waals surface area contributed by atoms with E-state index in [1.807, 2.05) is 0 Å². The third-order valence-corrected chi connectivity index (χ3v) is 14.5. The molecule has 0 saturated heterocycles. The second-order valence-corrected chi connectivity index (χ2v) is 18.0. The van der Waals surface area contributed by atoms with E-state index >= 15 is 0 Å². The van der Waals surface area contributed by atoms with Crippen LogP contribution in [0.4, 0.5) is 0 Å². The molecule has 0 amide bonds. The van der Waals surface area contributed by atoms with E-state index in [-0.39, 0.29) is 0 Å². The Morgan fingerprint density at radius 3 is 0.969 bits per heavy atom. The highest BCUT2D eigenvalue weighted by molar-refractivity contribution is 6.35. The highest BCUT2D eigenvalue weighted by Crippen LogP contribution is 2.65. The van der Waals surface area contributed by atoms with Crippen molar-refractivity contribution in [1.82, 2.24) is 0 Å². The lowest BCUT2D eigenvalue weighted by molar-refractivity contribution is 1.38. The number of fused-ring (bicyclic) bond motifs is 8. The van der Waals surface area contributed by atoms with Gasteiger partial charge in [0.1, 0.15) is 0 Å². The molecule has 2 aliphatic rings. The molecule has 0 spiro atoms. The summed E-state index contributed by atoms with van der Waals surface area (Å²) in [5.41, 5.74) is 28.7. The Kier molecular flexibility index (Phi) is 7.97. The van der Waals surface area contributed by atoms with Gasteiger partial charge in [0, 0.05) is 0 Å². The monoisotopic (exact) mass is 812 g/mol. The van der Waals surface area contributed by atoms with Gasteiger partial charge in [0.2, 0.25) is 0 Å². The van der Waals surface area contributed by atoms with Crippen molar-refractivity contribution in [2.75, 3.05) is 0 Å². The Labute approximate surface area is 374 Å². The number of aryl methyl sites for hydroxylation is 4. The molecule has 0 bridgehead atoms. The minimum absolute atomic E-state index is 1.22. The molecule has 13 rings (SSSR count). The highest BCUT2D eigenvalue weighted by Gasteiger charge is 2.37. The second kappa shape index (κ2) is 13.9. The molecule has 0 heterocycles. The SMILES string of the molecule is Cc1cccc(C)c1-c1c2c(c(-c3c(C)cccc3C)c3ccccc13)-c1ccc3c4c(ccc-2c14)-c1c-3c(-c2ccccc2)c2cc(-c3ccccc3)ccc2c1-c1ccccc1. The number of benzene rings is 11. The quantitative estimate of drug-likeness (QED) is 0.162. The van der Waals surface area contributed by atoms with Crippen molar-refractivity contribution in [3.63, 3.8) is 0 Å². The van der Waals surface area contributed by atoms with Crippen molar-refractivity contribution in [2.24, 2.45) is 0 Å². The number of rotatable bonds is 5. The van der Waals surface area contributed by atoms with Gasteiger partial charge in [0.15, 0.2) is 0 Å². The van der Waals surface area contributed by atoms with E-state index < -0.39 is 0 Å². The molecule has 0 N–H and O–H groups in total. The maximum absolute atomic E-state index is 2.48. The topological polar surface area (TPSA) is 0 Å². The molecule has 0 radical (unpaired) electrons. The molecule has 2 aliphatic carbocycles. The van der Waals surface area contributed by atoms with Crippen LogP contribution in [0, 0.1) is 27.7 Å². The van der Waals surface area contributed by atoms with Gasteiger partial charge in [-0.1, -0.05) is 188 Å². The van der Waals surface area contributed by atoms with E-state index in [4.69, 9.17) is 0 Å². The van der Waals surface area contributed by atoms with E-state index in [1.165, 1.54) is 155 Å². The van der Waals surface area contributed by atoms with Crippen LogP contribution in [0.2, 0.25) is 0 Å². The zero-order valence-corrected chi connectivity index (χ0v) is 36.5. The Morgan fingerprint density at radius 1 is 0.203 bits per heavy atom. The van der Waals surface area contributed by atoms with Gasteiger partial charge in [-0.05, 0) is 188 Å². The molecule has 0 heteroatoms. The zero-order chi connectivity index (χ0) is 42.8. The standard InChI is InChI=1S/C64H44/c1-37-18-16-19-38(2)53(37)59-45-28-14-15-29-46(45)60(54-39(3)20-17-21-40(54)4)64-51-35-33-49-57-48(32-34-50(58(51)57)63(59)64)61-55(42-24-10-6-11-25-42)47-31-30-44(41-22-8-5-9-23-41)36-52(47)56(62(49)61)43-26-12-7-13-27-43/h5-36H,1-4H3. The van der Waals surface area contributed by atoms with Gasteiger partial charge >= 0.3 is 0 Å². The van der Waals surface area contributed by atoms with Crippen LogP contribution in [0.3, 0.4) is 0 Å². The first-order valence-corrected chi connectivity index (χ1v) is 22.6. The number of hydrogen-bond donors (Lipinski definition) is 0. The summed E-state index contributed by atoms with van der Waals surface area (Å²) >= 11 is 0. The zero-order valence-electron chi connectivity index (χ0n) is 36.5. The molecule has 0 aliphatic heterocycles. The maximum atomic E-state index is 2.48. The van der Waals surface area contributed by atoms with Crippen molar-refractivity contribution >= 4 is 32.3 Å². The second-order valence-electron chi connectivity index (χ2n) is 18.0. The van der Waals surface area contributed by atoms with E-state index in [9.17, 15) is 0 Å². The lowest BCUT2D eigenvalue weighted by Crippen LogP contribution is -1.98. The molecule has 0 unspecified atom stereocenters. The van der Waals surface area contributed by atoms with E-state index in [0.29, 0.717) is 0 Å². The smallest absolute Gasteiger partial charge is 0.000720 e.